The van der Waals surface area contributed by atoms with Crippen LogP contribution in [0.25, 0.3) is 0 Å². The molecule has 0 spiro atoms. The molecule has 1 aliphatic rings. The molecule has 2 rings (SSSR count). The summed E-state index contributed by atoms with van der Waals surface area (Å²) in [6.45, 7) is 14.4. The average Bonchev–Trinajstić information content (AvgIpc) is 2.75. The minimum Gasteiger partial charge on any atom is -0.466 e. The average molecular weight is 278 g/mol. The van der Waals surface area contributed by atoms with Gasteiger partial charge in [-0.15, -0.1) is 0 Å². The predicted molar refractivity (Wildman–Crippen MR) is 84.0 cm³/mol. The number of nitrogens with zero attached hydrogens (tertiary/aromatic N) is 1. The summed E-state index contributed by atoms with van der Waals surface area (Å²) in [5.41, 5.74) is 1.36. The van der Waals surface area contributed by atoms with E-state index in [9.17, 15) is 0 Å². The van der Waals surface area contributed by atoms with E-state index in [1.165, 1.54) is 31.5 Å². The number of likely N-dealkylation sites (tertiary alicyclic amines) is 1. The summed E-state index contributed by atoms with van der Waals surface area (Å²) >= 11 is 0. The van der Waals surface area contributed by atoms with E-state index in [2.05, 4.69) is 44.0 Å². The first kappa shape index (κ1) is 15.6. The zero-order chi connectivity index (χ0) is 14.7. The van der Waals surface area contributed by atoms with E-state index >= 15 is 0 Å². The van der Waals surface area contributed by atoms with Crippen LogP contribution in [-0.4, -0.2) is 30.6 Å². The first-order valence-electron chi connectivity index (χ1n) is 8.01. The summed E-state index contributed by atoms with van der Waals surface area (Å²) in [6, 6.07) is 3.26. The highest BCUT2D eigenvalue weighted by atomic mass is 16.3. The Bertz CT molecular complexity index is 425. The maximum Gasteiger partial charge on any atom is 0.105 e. The van der Waals surface area contributed by atoms with Gasteiger partial charge in [0.2, 0.25) is 0 Å². The third-order valence-corrected chi connectivity index (χ3v) is 4.44. The van der Waals surface area contributed by atoms with Crippen LogP contribution in [0.3, 0.4) is 0 Å². The normalized spacial score (nSPS) is 22.4. The number of nitrogens with one attached hydrogen (secondary N) is 1. The third kappa shape index (κ3) is 3.86. The molecule has 0 amide bonds. The summed E-state index contributed by atoms with van der Waals surface area (Å²) < 4.78 is 5.69. The standard InChI is InChI=1S/C17H30N2O/c1-12(2)18-10-16-7-6-8-19(11-16)14(4)17-9-13(3)20-15(17)5/h9,12,14,16,18H,6-8,10-11H2,1-5H3. The summed E-state index contributed by atoms with van der Waals surface area (Å²) in [4.78, 5) is 2.62. The second-order valence-corrected chi connectivity index (χ2v) is 6.61. The van der Waals surface area contributed by atoms with Gasteiger partial charge in [-0.2, -0.15) is 0 Å². The molecule has 0 saturated carbocycles. The number of hydrogen-bond donors (Lipinski definition) is 1. The van der Waals surface area contributed by atoms with E-state index < -0.39 is 0 Å². The minimum atomic E-state index is 0.467. The lowest BCUT2D eigenvalue weighted by atomic mass is 9.95. The van der Waals surface area contributed by atoms with Crippen LogP contribution < -0.4 is 5.32 Å². The zero-order valence-electron chi connectivity index (χ0n) is 13.7. The number of furan rings is 1. The molecular weight excluding hydrogens is 248 g/mol. The van der Waals surface area contributed by atoms with Gasteiger partial charge in [0.15, 0.2) is 0 Å². The van der Waals surface area contributed by atoms with Gasteiger partial charge in [0, 0.05) is 24.2 Å². The molecule has 2 atom stereocenters. The Hall–Kier alpha value is -0.800. The fourth-order valence-corrected chi connectivity index (χ4v) is 3.28. The number of hydrogen-bond acceptors (Lipinski definition) is 3. The van der Waals surface area contributed by atoms with Gasteiger partial charge in [-0.1, -0.05) is 13.8 Å². The fourth-order valence-electron chi connectivity index (χ4n) is 3.28. The van der Waals surface area contributed by atoms with Gasteiger partial charge in [-0.05, 0) is 58.7 Å². The summed E-state index contributed by atoms with van der Waals surface area (Å²) in [5, 5.41) is 3.58. The molecular formula is C17H30N2O. The molecule has 1 fully saturated rings. The largest absolute Gasteiger partial charge is 0.466 e. The van der Waals surface area contributed by atoms with Crippen LogP contribution in [0.4, 0.5) is 0 Å². The smallest absolute Gasteiger partial charge is 0.105 e. The topological polar surface area (TPSA) is 28.4 Å². The Morgan fingerprint density at radius 2 is 2.10 bits per heavy atom. The molecule has 20 heavy (non-hydrogen) atoms. The molecule has 3 heteroatoms. The molecule has 1 aromatic rings. The van der Waals surface area contributed by atoms with Crippen molar-refractivity contribution in [2.45, 2.75) is 59.5 Å². The van der Waals surface area contributed by atoms with Crippen LogP contribution in [0.2, 0.25) is 0 Å². The highest BCUT2D eigenvalue weighted by Gasteiger charge is 2.26. The fraction of sp³-hybridized carbons (Fsp3) is 0.765. The van der Waals surface area contributed by atoms with Crippen molar-refractivity contribution in [3.05, 3.63) is 23.2 Å². The van der Waals surface area contributed by atoms with Crippen LogP contribution in [0.5, 0.6) is 0 Å². The van der Waals surface area contributed by atoms with Crippen molar-refractivity contribution >= 4 is 0 Å². The van der Waals surface area contributed by atoms with E-state index in [1.807, 2.05) is 6.92 Å². The maximum atomic E-state index is 5.69. The van der Waals surface area contributed by atoms with E-state index in [0.717, 1.165) is 24.0 Å². The highest BCUT2D eigenvalue weighted by Crippen LogP contribution is 2.29. The Kier molecular flexibility index (Phi) is 5.28. The molecule has 1 N–H and O–H groups in total. The van der Waals surface area contributed by atoms with Gasteiger partial charge < -0.3 is 9.73 Å². The van der Waals surface area contributed by atoms with Crippen LogP contribution in [0.1, 0.15) is 56.7 Å². The third-order valence-electron chi connectivity index (χ3n) is 4.44. The van der Waals surface area contributed by atoms with Crippen LogP contribution in [0.15, 0.2) is 10.5 Å². The van der Waals surface area contributed by atoms with Crippen molar-refractivity contribution in [2.24, 2.45) is 5.92 Å². The molecule has 2 heterocycles. The van der Waals surface area contributed by atoms with E-state index in [-0.39, 0.29) is 0 Å². The van der Waals surface area contributed by atoms with E-state index in [4.69, 9.17) is 4.42 Å². The van der Waals surface area contributed by atoms with Crippen molar-refractivity contribution in [3.8, 4) is 0 Å². The SMILES string of the molecule is Cc1cc(C(C)N2CCCC(CNC(C)C)C2)c(C)o1. The monoisotopic (exact) mass is 278 g/mol. The maximum absolute atomic E-state index is 5.69. The van der Waals surface area contributed by atoms with E-state index in [0.29, 0.717) is 12.1 Å². The van der Waals surface area contributed by atoms with Crippen molar-refractivity contribution in [2.75, 3.05) is 19.6 Å². The molecule has 1 aliphatic heterocycles. The molecule has 0 aliphatic carbocycles. The molecule has 1 saturated heterocycles. The van der Waals surface area contributed by atoms with Gasteiger partial charge in [0.1, 0.15) is 11.5 Å². The van der Waals surface area contributed by atoms with Gasteiger partial charge in [0.05, 0.1) is 0 Å². The summed E-state index contributed by atoms with van der Waals surface area (Å²) in [6.07, 6.45) is 2.66. The molecule has 3 nitrogen and oxygen atoms in total. The van der Waals surface area contributed by atoms with Crippen molar-refractivity contribution in [1.82, 2.24) is 10.2 Å². The molecule has 2 unspecified atom stereocenters. The molecule has 0 bridgehead atoms. The van der Waals surface area contributed by atoms with E-state index in [1.54, 1.807) is 0 Å². The molecule has 0 aromatic carbocycles. The Morgan fingerprint density at radius 1 is 1.35 bits per heavy atom. The van der Waals surface area contributed by atoms with Crippen molar-refractivity contribution in [1.29, 1.82) is 0 Å². The minimum absolute atomic E-state index is 0.467. The van der Waals surface area contributed by atoms with Crippen LogP contribution in [-0.2, 0) is 0 Å². The lowest BCUT2D eigenvalue weighted by Gasteiger charge is -2.37. The second-order valence-electron chi connectivity index (χ2n) is 6.61. The quantitative estimate of drug-likeness (QED) is 0.891. The second kappa shape index (κ2) is 6.77. The van der Waals surface area contributed by atoms with Gasteiger partial charge in [0.25, 0.3) is 0 Å². The van der Waals surface area contributed by atoms with Crippen molar-refractivity contribution in [3.63, 3.8) is 0 Å². The highest BCUT2D eigenvalue weighted by molar-refractivity contribution is 5.23. The molecule has 1 aromatic heterocycles. The zero-order valence-corrected chi connectivity index (χ0v) is 13.7. The molecule has 114 valence electrons. The summed E-state index contributed by atoms with van der Waals surface area (Å²) in [5.74, 6) is 2.89. The lowest BCUT2D eigenvalue weighted by molar-refractivity contribution is 0.128. The summed E-state index contributed by atoms with van der Waals surface area (Å²) in [7, 11) is 0. The van der Waals surface area contributed by atoms with Crippen LogP contribution >= 0.6 is 0 Å². The predicted octanol–water partition coefficient (Wildman–Crippen LogP) is 3.67. The van der Waals surface area contributed by atoms with Crippen molar-refractivity contribution < 1.29 is 4.42 Å². The first-order chi connectivity index (χ1) is 9.47. The Labute approximate surface area is 123 Å². The van der Waals surface area contributed by atoms with Gasteiger partial charge in [-0.3, -0.25) is 4.90 Å². The van der Waals surface area contributed by atoms with Gasteiger partial charge in [-0.25, -0.2) is 0 Å². The Balaban J connectivity index is 1.96. The van der Waals surface area contributed by atoms with Gasteiger partial charge >= 0.3 is 0 Å². The van der Waals surface area contributed by atoms with Crippen LogP contribution in [0, 0.1) is 19.8 Å². The first-order valence-corrected chi connectivity index (χ1v) is 8.01. The molecule has 0 radical (unpaired) electrons. The number of aryl methyl sites for hydroxylation is 2. The number of rotatable bonds is 5. The Morgan fingerprint density at radius 3 is 2.70 bits per heavy atom. The number of piperidine rings is 1. The lowest BCUT2D eigenvalue weighted by Crippen LogP contribution is -2.42.